The van der Waals surface area contributed by atoms with E-state index in [1.807, 2.05) is 48.9 Å². The number of fused-ring (bicyclic) bond motifs is 1. The van der Waals surface area contributed by atoms with Crippen molar-refractivity contribution in [2.45, 2.75) is 64.4 Å². The Balaban J connectivity index is 1.58. The number of nitrogens with one attached hydrogen (secondary N) is 1. The lowest BCUT2D eigenvalue weighted by atomic mass is 9.87. The lowest BCUT2D eigenvalue weighted by molar-refractivity contribution is 0.0903. The molecule has 0 spiro atoms. The fourth-order valence-electron chi connectivity index (χ4n) is 4.28. The topological polar surface area (TPSA) is 109 Å². The number of nitrogens with two attached hydrogens (primary N) is 1. The van der Waals surface area contributed by atoms with Crippen LogP contribution in [0.25, 0.3) is 0 Å². The Hall–Kier alpha value is -3.18. The first kappa shape index (κ1) is 23.0. The number of aryl methyl sites for hydroxylation is 2. The minimum Gasteiger partial charge on any atom is -0.456 e. The number of rotatable bonds is 8. The summed E-state index contributed by atoms with van der Waals surface area (Å²) >= 11 is 0. The van der Waals surface area contributed by atoms with Crippen LogP contribution in [0, 0.1) is 18.3 Å². The fraction of sp³-hybridized carbons (Fsp3) is 0.385. The molecule has 7 heteroatoms. The molecule has 1 heterocycles. The summed E-state index contributed by atoms with van der Waals surface area (Å²) < 4.78 is 8.26. The van der Waals surface area contributed by atoms with Crippen molar-refractivity contribution in [3.05, 3.63) is 76.9 Å². The molecule has 7 nitrogen and oxygen atoms in total. The minimum atomic E-state index is -0.760. The number of aliphatic hydroxyl groups is 1. The highest BCUT2D eigenvalue weighted by Gasteiger charge is 2.25. The van der Waals surface area contributed by atoms with Crippen molar-refractivity contribution in [1.82, 2.24) is 14.9 Å². The molecule has 2 unspecified atom stereocenters. The van der Waals surface area contributed by atoms with Crippen LogP contribution in [0.5, 0.6) is 11.5 Å². The van der Waals surface area contributed by atoms with Crippen molar-refractivity contribution in [3.8, 4) is 17.6 Å². The summed E-state index contributed by atoms with van der Waals surface area (Å²) in [7, 11) is 0. The first-order chi connectivity index (χ1) is 16.0. The van der Waals surface area contributed by atoms with Gasteiger partial charge >= 0.3 is 0 Å². The predicted octanol–water partition coefficient (Wildman–Crippen LogP) is 3.93. The smallest absolute Gasteiger partial charge is 0.145 e. The quantitative estimate of drug-likeness (QED) is 0.453. The Kier molecular flexibility index (Phi) is 7.09. The van der Waals surface area contributed by atoms with Crippen LogP contribution in [0.15, 0.2) is 48.9 Å². The van der Waals surface area contributed by atoms with Gasteiger partial charge in [-0.15, -0.1) is 0 Å². The minimum absolute atomic E-state index is 0.0101. The van der Waals surface area contributed by atoms with E-state index < -0.39 is 6.23 Å². The van der Waals surface area contributed by atoms with Gasteiger partial charge in [-0.1, -0.05) is 19.1 Å². The van der Waals surface area contributed by atoms with Crippen molar-refractivity contribution >= 4 is 0 Å². The molecular weight excluding hydrogens is 414 g/mol. The van der Waals surface area contributed by atoms with Crippen LogP contribution in [0.2, 0.25) is 0 Å². The van der Waals surface area contributed by atoms with Gasteiger partial charge in [0.15, 0.2) is 0 Å². The first-order valence-electron chi connectivity index (χ1n) is 11.5. The molecule has 0 aliphatic heterocycles. The molecule has 0 radical (unpaired) electrons. The van der Waals surface area contributed by atoms with Crippen molar-refractivity contribution in [2.75, 3.05) is 0 Å². The molecule has 1 aromatic heterocycles. The number of nitrogens with zero attached hydrogens (tertiary/aromatic N) is 3. The molecule has 0 saturated carbocycles. The molecule has 33 heavy (non-hydrogen) atoms. The second-order valence-corrected chi connectivity index (χ2v) is 8.70. The van der Waals surface area contributed by atoms with Gasteiger partial charge in [-0.2, -0.15) is 5.26 Å². The zero-order valence-electron chi connectivity index (χ0n) is 19.2. The third-order valence-corrected chi connectivity index (χ3v) is 6.35. The number of benzene rings is 2. The Bertz CT molecular complexity index is 1150. The predicted molar refractivity (Wildman–Crippen MR) is 127 cm³/mol. The molecule has 0 amide bonds. The highest BCUT2D eigenvalue weighted by atomic mass is 16.5. The normalized spacial score (nSPS) is 17.1. The van der Waals surface area contributed by atoms with E-state index in [-0.39, 0.29) is 12.1 Å². The Morgan fingerprint density at radius 1 is 1.33 bits per heavy atom. The molecule has 2 aromatic carbocycles. The summed E-state index contributed by atoms with van der Waals surface area (Å²) in [5.74, 6) is 1.20. The van der Waals surface area contributed by atoms with Crippen LogP contribution in [0.3, 0.4) is 0 Å². The summed E-state index contributed by atoms with van der Waals surface area (Å²) in [6.45, 7) is 4.63. The molecule has 1 aliphatic rings. The van der Waals surface area contributed by atoms with E-state index in [4.69, 9.17) is 10.5 Å². The highest BCUT2D eigenvalue weighted by Crippen LogP contribution is 2.35. The standard InChI is InChI=1S/C26H31N5O2/c1-3-23(28)26(32)30-24-6-4-5-19-9-10-21(12-22(19)24)33-25-11-18(7-8-20(25)13-27)15-31-16-29-14-17(31)2/h7-12,14,16,23-24,26,30,32H,3-6,15,28H2,1-2H3/t23-,24?,26?/m0/s1. The molecule has 1 aliphatic carbocycles. The molecule has 4 rings (SSSR count). The maximum atomic E-state index is 10.4. The number of nitriles is 1. The van der Waals surface area contributed by atoms with E-state index in [1.54, 1.807) is 12.4 Å². The second kappa shape index (κ2) is 10.2. The van der Waals surface area contributed by atoms with Crippen molar-refractivity contribution < 1.29 is 9.84 Å². The van der Waals surface area contributed by atoms with E-state index in [2.05, 4.69) is 22.4 Å². The molecule has 172 valence electrons. The third-order valence-electron chi connectivity index (χ3n) is 6.35. The molecule has 0 fully saturated rings. The van der Waals surface area contributed by atoms with E-state index in [9.17, 15) is 10.4 Å². The van der Waals surface area contributed by atoms with Crippen LogP contribution in [-0.2, 0) is 13.0 Å². The maximum Gasteiger partial charge on any atom is 0.145 e. The zero-order chi connectivity index (χ0) is 23.4. The summed E-state index contributed by atoms with van der Waals surface area (Å²) in [6.07, 6.45) is 6.52. The van der Waals surface area contributed by atoms with Gasteiger partial charge < -0.3 is 20.1 Å². The Morgan fingerprint density at radius 2 is 2.18 bits per heavy atom. The SMILES string of the molecule is CC[C@H](N)C(O)NC1CCCc2ccc(Oc3cc(Cn4cncc4C)ccc3C#N)cc21. The van der Waals surface area contributed by atoms with Gasteiger partial charge in [0.05, 0.1) is 11.9 Å². The average molecular weight is 446 g/mol. The van der Waals surface area contributed by atoms with Gasteiger partial charge in [-0.25, -0.2) is 4.98 Å². The first-order valence-corrected chi connectivity index (χ1v) is 11.5. The maximum absolute atomic E-state index is 10.4. The lowest BCUT2D eigenvalue weighted by Gasteiger charge is -2.31. The van der Waals surface area contributed by atoms with Gasteiger partial charge in [0, 0.05) is 30.5 Å². The van der Waals surface area contributed by atoms with E-state index in [0.717, 1.165) is 36.1 Å². The van der Waals surface area contributed by atoms with Gasteiger partial charge in [-0.3, -0.25) is 5.32 Å². The Morgan fingerprint density at radius 3 is 2.91 bits per heavy atom. The fourth-order valence-corrected chi connectivity index (χ4v) is 4.28. The Labute approximate surface area is 194 Å². The van der Waals surface area contributed by atoms with E-state index >= 15 is 0 Å². The van der Waals surface area contributed by atoms with Crippen LogP contribution in [0.1, 0.15) is 60.2 Å². The monoisotopic (exact) mass is 445 g/mol. The molecule has 3 aromatic rings. The number of aliphatic hydroxyl groups excluding tert-OH is 1. The zero-order valence-corrected chi connectivity index (χ0v) is 19.2. The molecule has 3 atom stereocenters. The van der Waals surface area contributed by atoms with E-state index in [0.29, 0.717) is 30.0 Å². The van der Waals surface area contributed by atoms with Crippen molar-refractivity contribution in [2.24, 2.45) is 5.73 Å². The lowest BCUT2D eigenvalue weighted by Crippen LogP contribution is -2.46. The average Bonchev–Trinajstić information content (AvgIpc) is 3.23. The second-order valence-electron chi connectivity index (χ2n) is 8.70. The van der Waals surface area contributed by atoms with Crippen molar-refractivity contribution in [3.63, 3.8) is 0 Å². The van der Waals surface area contributed by atoms with Gasteiger partial charge in [0.1, 0.15) is 23.8 Å². The number of ether oxygens (including phenoxy) is 1. The van der Waals surface area contributed by atoms with Crippen LogP contribution in [0.4, 0.5) is 0 Å². The van der Waals surface area contributed by atoms with Crippen LogP contribution in [-0.4, -0.2) is 26.9 Å². The largest absolute Gasteiger partial charge is 0.456 e. The molecular formula is C26H31N5O2. The van der Waals surface area contributed by atoms with Crippen LogP contribution >= 0.6 is 0 Å². The summed E-state index contributed by atoms with van der Waals surface area (Å²) in [6, 6.07) is 13.6. The van der Waals surface area contributed by atoms with E-state index in [1.165, 1.54) is 5.56 Å². The third kappa shape index (κ3) is 5.25. The summed E-state index contributed by atoms with van der Waals surface area (Å²) in [5.41, 5.74) is 11.0. The number of hydrogen-bond donors (Lipinski definition) is 3. The van der Waals surface area contributed by atoms with Gasteiger partial charge in [0.25, 0.3) is 0 Å². The number of aromatic nitrogens is 2. The van der Waals surface area contributed by atoms with Crippen molar-refractivity contribution in [1.29, 1.82) is 5.26 Å². The molecule has 0 saturated heterocycles. The molecule has 4 N–H and O–H groups in total. The number of hydrogen-bond acceptors (Lipinski definition) is 6. The highest BCUT2D eigenvalue weighted by molar-refractivity contribution is 5.49. The van der Waals surface area contributed by atoms with Gasteiger partial charge in [0.2, 0.25) is 0 Å². The summed E-state index contributed by atoms with van der Waals surface area (Å²) in [5, 5.41) is 23.3. The number of imidazole rings is 1. The van der Waals surface area contributed by atoms with Gasteiger partial charge in [-0.05, 0) is 73.6 Å². The van der Waals surface area contributed by atoms with Crippen LogP contribution < -0.4 is 15.8 Å². The summed E-state index contributed by atoms with van der Waals surface area (Å²) in [4.78, 5) is 4.17. The molecule has 0 bridgehead atoms.